The highest BCUT2D eigenvalue weighted by molar-refractivity contribution is 5.99. The molecule has 0 amide bonds. The highest BCUT2D eigenvalue weighted by Gasteiger charge is 2.41. The largest absolute Gasteiger partial charge is 0.445 e. The van der Waals surface area contributed by atoms with Gasteiger partial charge in [0, 0.05) is 30.2 Å². The lowest BCUT2D eigenvalue weighted by molar-refractivity contribution is -0.0689. The standard InChI is InChI=1S/C23H27NO2.C9H12N4.C8H16.C6H12O/c1-5-8-18(9-6-2)19-10-7-11-21-22(19)26-23(4,25-21)20-13-12-17(15-24)14-16(20)3;1-6-3-4-8(5-7(6)2)9-10-12-13-11-9;1-5-8(4)6-7(2)3;1-2-3-6-4-5-7-6/h7,10-14,18H,5-6,8-9H2,1-4H3;3-5,12-13H,1-2H3,(H,10,11);5,7H,6H2,1-4H3;6H,2-5H2,1H3/b;;8-5+;. The van der Waals surface area contributed by atoms with Crippen molar-refractivity contribution < 1.29 is 14.2 Å². The third-order valence-electron chi connectivity index (χ3n) is 9.98. The van der Waals surface area contributed by atoms with Crippen molar-refractivity contribution in [2.45, 2.75) is 145 Å². The number of hydrazone groups is 1. The van der Waals surface area contributed by atoms with E-state index >= 15 is 0 Å². The molecule has 0 bridgehead atoms. The highest BCUT2D eigenvalue weighted by atomic mass is 16.7. The molecule has 0 aromatic heterocycles. The maximum atomic E-state index is 9.11. The van der Waals surface area contributed by atoms with E-state index in [1.54, 1.807) is 0 Å². The normalized spacial score (nSPS) is 18.0. The molecule has 8 heteroatoms. The number of ether oxygens (including phenoxy) is 3. The summed E-state index contributed by atoms with van der Waals surface area (Å²) in [6.45, 7) is 24.6. The van der Waals surface area contributed by atoms with Crippen molar-refractivity contribution >= 4 is 5.84 Å². The zero-order valence-corrected chi connectivity index (χ0v) is 35.0. The first-order valence-corrected chi connectivity index (χ1v) is 20.1. The van der Waals surface area contributed by atoms with Crippen LogP contribution in [0.3, 0.4) is 0 Å². The summed E-state index contributed by atoms with van der Waals surface area (Å²) in [5.41, 5.74) is 17.3. The summed E-state index contributed by atoms with van der Waals surface area (Å²) >= 11 is 0. The highest BCUT2D eigenvalue weighted by Crippen LogP contribution is 2.49. The topological polar surface area (TPSA) is 99.9 Å². The molecule has 3 aromatic rings. The Bertz CT molecular complexity index is 1720. The van der Waals surface area contributed by atoms with Gasteiger partial charge in [-0.05, 0) is 126 Å². The Hall–Kier alpha value is -4.32. The Labute approximate surface area is 326 Å². The van der Waals surface area contributed by atoms with Crippen LogP contribution in [0, 0.1) is 38.0 Å². The van der Waals surface area contributed by atoms with Gasteiger partial charge in [-0.25, -0.2) is 5.53 Å². The van der Waals surface area contributed by atoms with E-state index in [0.717, 1.165) is 72.2 Å². The lowest BCUT2D eigenvalue weighted by Gasteiger charge is -2.26. The molecule has 54 heavy (non-hydrogen) atoms. The number of amidine groups is 1. The molecule has 2 atom stereocenters. The third kappa shape index (κ3) is 12.9. The summed E-state index contributed by atoms with van der Waals surface area (Å²) in [7, 11) is 0. The second kappa shape index (κ2) is 22.2. The monoisotopic (exact) mass is 738 g/mol. The Morgan fingerprint density at radius 1 is 0.963 bits per heavy atom. The summed E-state index contributed by atoms with van der Waals surface area (Å²) in [5, 5.41) is 13.1. The molecule has 0 saturated carbocycles. The van der Waals surface area contributed by atoms with Gasteiger partial charge in [0.1, 0.15) is 0 Å². The molecular formula is C46H67N5O3. The van der Waals surface area contributed by atoms with Crippen molar-refractivity contribution in [3.8, 4) is 17.6 Å². The fraction of sp³-hybridized carbons (Fsp3) is 0.522. The minimum atomic E-state index is -0.862. The van der Waals surface area contributed by atoms with E-state index in [9.17, 15) is 0 Å². The van der Waals surface area contributed by atoms with Crippen molar-refractivity contribution in [2.24, 2.45) is 11.0 Å². The molecule has 3 aliphatic rings. The van der Waals surface area contributed by atoms with Gasteiger partial charge in [0.15, 0.2) is 17.3 Å². The van der Waals surface area contributed by atoms with Gasteiger partial charge in [-0.1, -0.05) is 89.8 Å². The van der Waals surface area contributed by atoms with Gasteiger partial charge < -0.3 is 14.2 Å². The van der Waals surface area contributed by atoms with Crippen LogP contribution in [0.2, 0.25) is 0 Å². The predicted molar refractivity (Wildman–Crippen MR) is 224 cm³/mol. The molecule has 2 unspecified atom stereocenters. The second-order valence-electron chi connectivity index (χ2n) is 15.2. The van der Waals surface area contributed by atoms with E-state index in [2.05, 4.69) is 120 Å². The van der Waals surface area contributed by atoms with Crippen LogP contribution in [0.15, 0.2) is 71.3 Å². The van der Waals surface area contributed by atoms with E-state index in [4.69, 9.17) is 19.5 Å². The smallest absolute Gasteiger partial charge is 0.275 e. The zero-order chi connectivity index (χ0) is 39.7. The van der Waals surface area contributed by atoms with Crippen LogP contribution in [0.5, 0.6) is 11.5 Å². The zero-order valence-electron chi connectivity index (χ0n) is 35.0. The number of hydrogen-bond donors (Lipinski definition) is 3. The van der Waals surface area contributed by atoms with Crippen LogP contribution in [0.1, 0.15) is 152 Å². The number of allylic oxidation sites excluding steroid dienone is 2. The number of nitrogens with zero attached hydrogens (tertiary/aromatic N) is 2. The van der Waals surface area contributed by atoms with Gasteiger partial charge >= 0.3 is 0 Å². The number of hydrogen-bond acceptors (Lipinski definition) is 8. The minimum Gasteiger partial charge on any atom is -0.445 e. The Kier molecular flexibility index (Phi) is 18.1. The SMILES string of the molecule is C/C=C(\C)CC(C)C.CCCC(CCC)c1cccc2c1OC(C)(c1ccc(C#N)cc1C)O2.CCCC1CCO1.Cc1ccc(C2=NNNN2)cc1C. The molecule has 3 aromatic carbocycles. The van der Waals surface area contributed by atoms with Crippen molar-refractivity contribution in [3.63, 3.8) is 0 Å². The molecule has 3 heterocycles. The third-order valence-corrected chi connectivity index (χ3v) is 9.98. The van der Waals surface area contributed by atoms with Gasteiger partial charge in [0.2, 0.25) is 0 Å². The van der Waals surface area contributed by atoms with Crippen LogP contribution >= 0.6 is 0 Å². The van der Waals surface area contributed by atoms with E-state index in [-0.39, 0.29) is 0 Å². The van der Waals surface area contributed by atoms with Gasteiger partial charge in [0.25, 0.3) is 5.79 Å². The van der Waals surface area contributed by atoms with Crippen LogP contribution < -0.4 is 26.0 Å². The van der Waals surface area contributed by atoms with Gasteiger partial charge in [-0.3, -0.25) is 5.43 Å². The second-order valence-corrected chi connectivity index (χ2v) is 15.2. The van der Waals surface area contributed by atoms with Gasteiger partial charge in [0.05, 0.1) is 17.7 Å². The van der Waals surface area contributed by atoms with E-state index in [1.165, 1.54) is 47.9 Å². The number of aryl methyl sites for hydroxylation is 3. The summed E-state index contributed by atoms with van der Waals surface area (Å²) in [6.07, 6.45) is 12.5. The number of rotatable bonds is 11. The number of nitriles is 1. The number of para-hydroxylation sites is 1. The number of fused-ring (bicyclic) bond motifs is 1. The Morgan fingerprint density at radius 2 is 1.69 bits per heavy atom. The summed E-state index contributed by atoms with van der Waals surface area (Å²) in [5.74, 6) is 2.96. The first-order valence-electron chi connectivity index (χ1n) is 20.1. The van der Waals surface area contributed by atoms with Crippen molar-refractivity contribution in [1.29, 1.82) is 5.26 Å². The molecule has 0 spiro atoms. The first kappa shape index (κ1) is 44.1. The molecule has 0 aliphatic carbocycles. The number of benzene rings is 3. The number of hydrazine groups is 2. The molecule has 6 rings (SSSR count). The van der Waals surface area contributed by atoms with Crippen molar-refractivity contribution in [3.05, 3.63) is 105 Å². The fourth-order valence-corrected chi connectivity index (χ4v) is 6.79. The fourth-order valence-electron chi connectivity index (χ4n) is 6.79. The van der Waals surface area contributed by atoms with E-state index in [1.807, 2.05) is 44.2 Å². The van der Waals surface area contributed by atoms with Crippen LogP contribution in [0.25, 0.3) is 0 Å². The number of nitrogens with one attached hydrogen (secondary N) is 3. The first-order chi connectivity index (χ1) is 25.9. The van der Waals surface area contributed by atoms with Gasteiger partial charge in [-0.15, -0.1) is 10.6 Å². The molecule has 3 aliphatic heterocycles. The summed E-state index contributed by atoms with van der Waals surface area (Å²) in [4.78, 5) is 0. The Morgan fingerprint density at radius 3 is 2.17 bits per heavy atom. The van der Waals surface area contributed by atoms with E-state index in [0.29, 0.717) is 17.6 Å². The lowest BCUT2D eigenvalue weighted by Crippen LogP contribution is -2.35. The maximum absolute atomic E-state index is 9.11. The average molecular weight is 738 g/mol. The predicted octanol–water partition coefficient (Wildman–Crippen LogP) is 11.3. The molecule has 1 fully saturated rings. The van der Waals surface area contributed by atoms with Gasteiger partial charge in [-0.2, -0.15) is 5.26 Å². The quantitative estimate of drug-likeness (QED) is 0.168. The summed E-state index contributed by atoms with van der Waals surface area (Å²) in [6, 6.07) is 20.3. The molecular weight excluding hydrogens is 671 g/mol. The molecule has 8 nitrogen and oxygen atoms in total. The van der Waals surface area contributed by atoms with Crippen LogP contribution in [0.4, 0.5) is 0 Å². The summed E-state index contributed by atoms with van der Waals surface area (Å²) < 4.78 is 17.9. The molecule has 1 saturated heterocycles. The van der Waals surface area contributed by atoms with Crippen LogP contribution in [-0.4, -0.2) is 18.5 Å². The van der Waals surface area contributed by atoms with Crippen molar-refractivity contribution in [2.75, 3.05) is 6.61 Å². The average Bonchev–Trinajstić information content (AvgIpc) is 3.80. The van der Waals surface area contributed by atoms with Crippen molar-refractivity contribution in [1.82, 2.24) is 16.5 Å². The molecule has 0 radical (unpaired) electrons. The minimum absolute atomic E-state index is 0.493. The molecule has 294 valence electrons. The van der Waals surface area contributed by atoms with E-state index < -0.39 is 5.79 Å². The Balaban J connectivity index is 0.000000230. The maximum Gasteiger partial charge on any atom is 0.275 e. The molecule has 3 N–H and O–H groups in total. The van der Waals surface area contributed by atoms with Crippen LogP contribution in [-0.2, 0) is 10.5 Å². The lowest BCUT2D eigenvalue weighted by atomic mass is 9.89.